The number of rotatable bonds is 7. The standard InChI is InChI=1S/C24H33FO4/c1-23(2,10-6-5-7-11-25)16-13-19(26)21-17-12-15(22(27)28)8-9-18(17)24(3,4)29-20(21)14-16/h8,13-14,17-18,26H,5-7,9-12H2,1-4H3,(H,27,28)/t17-,18-/m1/s1. The summed E-state index contributed by atoms with van der Waals surface area (Å²) < 4.78 is 18.7. The quantitative estimate of drug-likeness (QED) is 0.557. The van der Waals surface area contributed by atoms with E-state index in [9.17, 15) is 19.4 Å². The van der Waals surface area contributed by atoms with Crippen LogP contribution in [0.15, 0.2) is 23.8 Å². The molecular formula is C24H33FO4. The molecule has 0 amide bonds. The minimum Gasteiger partial charge on any atom is -0.508 e. The maximum absolute atomic E-state index is 12.4. The summed E-state index contributed by atoms with van der Waals surface area (Å²) in [4.78, 5) is 11.5. The number of carboxylic acids is 1. The number of phenols is 1. The van der Waals surface area contributed by atoms with Gasteiger partial charge in [-0.2, -0.15) is 0 Å². The lowest BCUT2D eigenvalue weighted by atomic mass is 9.66. The summed E-state index contributed by atoms with van der Waals surface area (Å²) in [5.74, 6) is -0.00357. The van der Waals surface area contributed by atoms with Gasteiger partial charge in [-0.15, -0.1) is 0 Å². The summed E-state index contributed by atoms with van der Waals surface area (Å²) in [6, 6.07) is 3.83. The topological polar surface area (TPSA) is 66.8 Å². The normalized spacial score (nSPS) is 22.9. The molecule has 0 unspecified atom stereocenters. The molecule has 0 radical (unpaired) electrons. The van der Waals surface area contributed by atoms with E-state index in [1.807, 2.05) is 26.0 Å². The molecule has 0 saturated carbocycles. The average Bonchev–Trinajstić information content (AvgIpc) is 2.64. The second kappa shape index (κ2) is 8.00. The summed E-state index contributed by atoms with van der Waals surface area (Å²) in [6.45, 7) is 8.06. The fourth-order valence-corrected chi connectivity index (χ4v) is 4.94. The van der Waals surface area contributed by atoms with Gasteiger partial charge in [-0.05, 0) is 62.6 Å². The molecule has 1 aliphatic heterocycles. The number of unbranched alkanes of at least 4 members (excludes halogenated alkanes) is 2. The summed E-state index contributed by atoms with van der Waals surface area (Å²) in [6.07, 6.45) is 6.09. The Morgan fingerprint density at radius 3 is 2.66 bits per heavy atom. The van der Waals surface area contributed by atoms with Crippen molar-refractivity contribution in [1.82, 2.24) is 0 Å². The first-order valence-corrected chi connectivity index (χ1v) is 10.6. The fraction of sp³-hybridized carbons (Fsp3) is 0.625. The maximum atomic E-state index is 12.4. The lowest BCUT2D eigenvalue weighted by molar-refractivity contribution is -0.133. The van der Waals surface area contributed by atoms with Gasteiger partial charge in [0.1, 0.15) is 17.1 Å². The Labute approximate surface area is 172 Å². The second-order valence-corrected chi connectivity index (χ2v) is 9.68. The summed E-state index contributed by atoms with van der Waals surface area (Å²) in [5, 5.41) is 20.4. The van der Waals surface area contributed by atoms with Crippen molar-refractivity contribution >= 4 is 5.97 Å². The molecule has 1 heterocycles. The van der Waals surface area contributed by atoms with Gasteiger partial charge in [-0.25, -0.2) is 4.79 Å². The van der Waals surface area contributed by atoms with E-state index >= 15 is 0 Å². The molecule has 29 heavy (non-hydrogen) atoms. The molecule has 1 aromatic carbocycles. The number of carbonyl (C=O) groups is 1. The van der Waals surface area contributed by atoms with E-state index < -0.39 is 11.6 Å². The zero-order chi connectivity index (χ0) is 21.4. The molecule has 0 bridgehead atoms. The van der Waals surface area contributed by atoms with Crippen LogP contribution in [0.25, 0.3) is 0 Å². The Morgan fingerprint density at radius 2 is 2.00 bits per heavy atom. The van der Waals surface area contributed by atoms with Crippen molar-refractivity contribution in [1.29, 1.82) is 0 Å². The molecule has 5 heteroatoms. The molecule has 0 aromatic heterocycles. The lowest BCUT2D eigenvalue weighted by Gasteiger charge is -2.47. The molecule has 4 nitrogen and oxygen atoms in total. The first kappa shape index (κ1) is 21.7. The van der Waals surface area contributed by atoms with E-state index in [2.05, 4.69) is 13.8 Å². The Kier molecular flexibility index (Phi) is 5.98. The van der Waals surface area contributed by atoms with E-state index in [1.165, 1.54) is 0 Å². The van der Waals surface area contributed by atoms with E-state index in [-0.39, 0.29) is 29.7 Å². The predicted octanol–water partition coefficient (Wildman–Crippen LogP) is 5.88. The highest BCUT2D eigenvalue weighted by atomic mass is 19.1. The largest absolute Gasteiger partial charge is 0.508 e. The Balaban J connectivity index is 1.95. The number of carboxylic acid groups (broad SMARTS) is 1. The molecule has 2 aliphatic rings. The molecule has 2 N–H and O–H groups in total. The van der Waals surface area contributed by atoms with Crippen LogP contribution in [0.4, 0.5) is 4.39 Å². The van der Waals surface area contributed by atoms with E-state index in [0.717, 1.165) is 30.4 Å². The van der Waals surface area contributed by atoms with Crippen molar-refractivity contribution in [3.8, 4) is 11.5 Å². The predicted molar refractivity (Wildman–Crippen MR) is 111 cm³/mol. The molecule has 1 aliphatic carbocycles. The van der Waals surface area contributed by atoms with Crippen molar-refractivity contribution in [2.24, 2.45) is 5.92 Å². The number of phenolic OH excluding ortho intramolecular Hbond substituents is 1. The SMILES string of the molecule is CC(C)(CCCCCF)c1cc(O)c2c(c1)OC(C)(C)[C@@H]1CC=C(C(=O)O)C[C@@H]21. The zero-order valence-electron chi connectivity index (χ0n) is 17.9. The first-order valence-electron chi connectivity index (χ1n) is 10.6. The van der Waals surface area contributed by atoms with Crippen LogP contribution in [0.2, 0.25) is 0 Å². The van der Waals surface area contributed by atoms with Gasteiger partial charge in [0.2, 0.25) is 0 Å². The summed E-state index contributed by atoms with van der Waals surface area (Å²) in [5.41, 5.74) is 1.51. The van der Waals surface area contributed by atoms with Gasteiger partial charge in [0, 0.05) is 23.0 Å². The number of aromatic hydroxyl groups is 1. The van der Waals surface area contributed by atoms with Gasteiger partial charge in [-0.3, -0.25) is 4.39 Å². The molecule has 160 valence electrons. The van der Waals surface area contributed by atoms with Crippen molar-refractivity contribution < 1.29 is 24.1 Å². The number of alkyl halides is 1. The average molecular weight is 405 g/mol. The minimum absolute atomic E-state index is 0.0773. The summed E-state index contributed by atoms with van der Waals surface area (Å²) >= 11 is 0. The third-order valence-electron chi connectivity index (χ3n) is 6.79. The second-order valence-electron chi connectivity index (χ2n) is 9.68. The molecule has 2 atom stereocenters. The number of aliphatic carboxylic acids is 1. The zero-order valence-corrected chi connectivity index (χ0v) is 17.9. The van der Waals surface area contributed by atoms with E-state index in [1.54, 1.807) is 6.08 Å². The van der Waals surface area contributed by atoms with Crippen molar-refractivity contribution in [2.75, 3.05) is 6.67 Å². The smallest absolute Gasteiger partial charge is 0.331 e. The highest BCUT2D eigenvalue weighted by Gasteiger charge is 2.47. The van der Waals surface area contributed by atoms with Crippen molar-refractivity contribution in [3.05, 3.63) is 34.9 Å². The first-order chi connectivity index (χ1) is 13.6. The number of hydrogen-bond donors (Lipinski definition) is 2. The van der Waals surface area contributed by atoms with Crippen LogP contribution in [-0.2, 0) is 10.2 Å². The molecule has 0 saturated heterocycles. The monoisotopic (exact) mass is 404 g/mol. The highest BCUT2D eigenvalue weighted by molar-refractivity contribution is 5.87. The third-order valence-corrected chi connectivity index (χ3v) is 6.79. The number of halogens is 1. The number of allylic oxidation sites excluding steroid dienone is 1. The van der Waals surface area contributed by atoms with Gasteiger partial charge in [0.15, 0.2) is 0 Å². The molecule has 3 rings (SSSR count). The fourth-order valence-electron chi connectivity index (χ4n) is 4.94. The molecule has 1 aromatic rings. The van der Waals surface area contributed by atoms with Crippen LogP contribution in [0.3, 0.4) is 0 Å². The lowest BCUT2D eigenvalue weighted by Crippen LogP contribution is -2.46. The summed E-state index contributed by atoms with van der Waals surface area (Å²) in [7, 11) is 0. The number of ether oxygens (including phenoxy) is 1. The highest BCUT2D eigenvalue weighted by Crippen LogP contribution is 2.55. The van der Waals surface area contributed by atoms with Gasteiger partial charge in [0.25, 0.3) is 0 Å². The van der Waals surface area contributed by atoms with Crippen LogP contribution in [0.1, 0.15) is 83.3 Å². The van der Waals surface area contributed by atoms with E-state index in [0.29, 0.717) is 30.6 Å². The molecule has 0 spiro atoms. The van der Waals surface area contributed by atoms with Gasteiger partial charge in [0.05, 0.1) is 6.67 Å². The van der Waals surface area contributed by atoms with Crippen LogP contribution >= 0.6 is 0 Å². The molecular weight excluding hydrogens is 371 g/mol. The minimum atomic E-state index is -0.889. The Morgan fingerprint density at radius 1 is 1.28 bits per heavy atom. The Bertz CT molecular complexity index is 809. The maximum Gasteiger partial charge on any atom is 0.331 e. The Hall–Kier alpha value is -2.04. The van der Waals surface area contributed by atoms with Crippen LogP contribution in [0, 0.1) is 5.92 Å². The van der Waals surface area contributed by atoms with Gasteiger partial charge < -0.3 is 14.9 Å². The van der Waals surface area contributed by atoms with Gasteiger partial charge >= 0.3 is 5.97 Å². The number of fused-ring (bicyclic) bond motifs is 3. The molecule has 0 fully saturated rings. The van der Waals surface area contributed by atoms with Crippen molar-refractivity contribution in [2.45, 2.75) is 83.2 Å². The number of hydrogen-bond acceptors (Lipinski definition) is 3. The third kappa shape index (κ3) is 4.29. The van der Waals surface area contributed by atoms with Crippen LogP contribution in [-0.4, -0.2) is 28.5 Å². The van der Waals surface area contributed by atoms with Gasteiger partial charge in [-0.1, -0.05) is 32.8 Å². The number of benzene rings is 1. The van der Waals surface area contributed by atoms with Crippen LogP contribution in [0.5, 0.6) is 11.5 Å². The van der Waals surface area contributed by atoms with Crippen LogP contribution < -0.4 is 4.74 Å². The van der Waals surface area contributed by atoms with E-state index in [4.69, 9.17) is 4.74 Å². The van der Waals surface area contributed by atoms with Crippen molar-refractivity contribution in [3.63, 3.8) is 0 Å².